The number of nitrogens with one attached hydrogen (secondary N) is 1. The Balaban J connectivity index is 2.49. The van der Waals surface area contributed by atoms with Crippen LogP contribution in [0.25, 0.3) is 0 Å². The van der Waals surface area contributed by atoms with E-state index in [-0.39, 0.29) is 11.7 Å². The van der Waals surface area contributed by atoms with Crippen molar-refractivity contribution in [3.63, 3.8) is 0 Å². The van der Waals surface area contributed by atoms with Crippen molar-refractivity contribution in [1.29, 1.82) is 0 Å². The second kappa shape index (κ2) is 4.93. The number of hydrogen-bond acceptors (Lipinski definition) is 5. The van der Waals surface area contributed by atoms with E-state index in [4.69, 9.17) is 11.5 Å². The Hall–Kier alpha value is -1.83. The molecule has 0 radical (unpaired) electrons. The Kier molecular flexibility index (Phi) is 3.59. The number of hydrogen-bond donors (Lipinski definition) is 3. The van der Waals surface area contributed by atoms with Crippen molar-refractivity contribution >= 4 is 11.6 Å². The minimum atomic E-state index is -4.52. The van der Waals surface area contributed by atoms with Crippen LogP contribution in [0.3, 0.4) is 0 Å². The predicted molar refractivity (Wildman–Crippen MR) is 69.9 cm³/mol. The molecule has 110 valence electrons. The molecule has 1 atom stereocenters. The standard InChI is InChI=1S/C12H16F3N5/c1-2-3-6-11(17)9-7(18-10(16)20-11)4-5-8(19-9)12(13,14)15/h4-5H,2-3,6,17H2,1H3,(H3,16,18,20). The van der Waals surface area contributed by atoms with Crippen molar-refractivity contribution in [3.05, 3.63) is 23.5 Å². The summed E-state index contributed by atoms with van der Waals surface area (Å²) in [6.07, 6.45) is -2.58. The van der Waals surface area contributed by atoms with Crippen molar-refractivity contribution in [2.45, 2.75) is 38.0 Å². The van der Waals surface area contributed by atoms with Crippen LogP contribution in [0.5, 0.6) is 0 Å². The molecule has 0 amide bonds. The van der Waals surface area contributed by atoms with E-state index in [9.17, 15) is 13.2 Å². The highest BCUT2D eigenvalue weighted by Gasteiger charge is 2.39. The summed E-state index contributed by atoms with van der Waals surface area (Å²) < 4.78 is 38.3. The lowest BCUT2D eigenvalue weighted by Crippen LogP contribution is -2.44. The molecule has 5 nitrogen and oxygen atoms in total. The Morgan fingerprint density at radius 3 is 2.65 bits per heavy atom. The Morgan fingerprint density at radius 1 is 1.35 bits per heavy atom. The van der Waals surface area contributed by atoms with Gasteiger partial charge in [-0.1, -0.05) is 13.3 Å². The molecule has 0 aliphatic carbocycles. The summed E-state index contributed by atoms with van der Waals surface area (Å²) in [7, 11) is 0. The molecule has 0 saturated carbocycles. The van der Waals surface area contributed by atoms with Gasteiger partial charge in [-0.3, -0.25) is 0 Å². The number of pyridine rings is 1. The van der Waals surface area contributed by atoms with E-state index >= 15 is 0 Å². The molecule has 5 N–H and O–H groups in total. The van der Waals surface area contributed by atoms with E-state index in [1.807, 2.05) is 6.92 Å². The second-order valence-corrected chi connectivity index (χ2v) is 4.74. The number of anilines is 1. The van der Waals surface area contributed by atoms with Gasteiger partial charge in [0.25, 0.3) is 0 Å². The minimum Gasteiger partial charge on any atom is -0.370 e. The molecule has 0 spiro atoms. The largest absolute Gasteiger partial charge is 0.433 e. The lowest BCUT2D eigenvalue weighted by molar-refractivity contribution is -0.141. The molecule has 1 aromatic rings. The second-order valence-electron chi connectivity index (χ2n) is 4.74. The van der Waals surface area contributed by atoms with Gasteiger partial charge in [-0.25, -0.2) is 9.98 Å². The first-order valence-electron chi connectivity index (χ1n) is 6.26. The van der Waals surface area contributed by atoms with Gasteiger partial charge in [-0.05, 0) is 25.0 Å². The van der Waals surface area contributed by atoms with E-state index < -0.39 is 17.5 Å². The smallest absolute Gasteiger partial charge is 0.370 e. The number of alkyl halides is 3. The summed E-state index contributed by atoms with van der Waals surface area (Å²) in [6, 6.07) is 2.17. The summed E-state index contributed by atoms with van der Waals surface area (Å²) in [4.78, 5) is 7.70. The fraction of sp³-hybridized carbons (Fsp3) is 0.500. The van der Waals surface area contributed by atoms with Crippen LogP contribution in [-0.2, 0) is 11.8 Å². The summed E-state index contributed by atoms with van der Waals surface area (Å²) in [5, 5.41) is 2.69. The molecule has 8 heteroatoms. The van der Waals surface area contributed by atoms with Gasteiger partial charge in [0, 0.05) is 0 Å². The first-order valence-corrected chi connectivity index (χ1v) is 6.26. The number of fused-ring (bicyclic) bond motifs is 1. The van der Waals surface area contributed by atoms with Gasteiger partial charge < -0.3 is 16.8 Å². The first-order chi connectivity index (χ1) is 9.26. The maximum absolute atomic E-state index is 12.8. The van der Waals surface area contributed by atoms with Crippen LogP contribution in [0.4, 0.5) is 18.9 Å². The maximum Gasteiger partial charge on any atom is 0.433 e. The minimum absolute atomic E-state index is 0.0787. The monoisotopic (exact) mass is 287 g/mol. The lowest BCUT2D eigenvalue weighted by Gasteiger charge is -2.31. The number of halogens is 3. The first kappa shape index (κ1) is 14.6. The molecule has 1 unspecified atom stereocenters. The van der Waals surface area contributed by atoms with Gasteiger partial charge in [0.15, 0.2) is 11.6 Å². The van der Waals surface area contributed by atoms with Crippen molar-refractivity contribution in [2.24, 2.45) is 16.5 Å². The van der Waals surface area contributed by atoms with E-state index in [1.165, 1.54) is 6.07 Å². The molecule has 0 saturated heterocycles. The topological polar surface area (TPSA) is 89.3 Å². The number of nitrogens with two attached hydrogens (primary N) is 2. The summed E-state index contributed by atoms with van der Waals surface area (Å²) >= 11 is 0. The molecule has 2 rings (SSSR count). The van der Waals surface area contributed by atoms with Crippen LogP contribution in [0, 0.1) is 0 Å². The third-order valence-corrected chi connectivity index (χ3v) is 3.09. The van der Waals surface area contributed by atoms with Crippen LogP contribution in [0.15, 0.2) is 17.1 Å². The quantitative estimate of drug-likeness (QED) is 0.794. The normalized spacial score (nSPS) is 21.9. The predicted octanol–water partition coefficient (Wildman–Crippen LogP) is 2.14. The zero-order valence-corrected chi connectivity index (χ0v) is 11.0. The van der Waals surface area contributed by atoms with Gasteiger partial charge in [0.1, 0.15) is 11.4 Å². The van der Waals surface area contributed by atoms with Gasteiger partial charge in [-0.15, -0.1) is 0 Å². The third kappa shape index (κ3) is 2.69. The molecular weight excluding hydrogens is 271 g/mol. The maximum atomic E-state index is 12.8. The zero-order valence-electron chi connectivity index (χ0n) is 11.0. The van der Waals surface area contributed by atoms with Crippen molar-refractivity contribution in [2.75, 3.05) is 5.32 Å². The van der Waals surface area contributed by atoms with Crippen molar-refractivity contribution in [1.82, 2.24) is 4.98 Å². The Morgan fingerprint density at radius 2 is 2.05 bits per heavy atom. The highest BCUT2D eigenvalue weighted by Crippen LogP contribution is 2.36. The average molecular weight is 287 g/mol. The van der Waals surface area contributed by atoms with E-state index in [0.717, 1.165) is 12.5 Å². The third-order valence-electron chi connectivity index (χ3n) is 3.09. The van der Waals surface area contributed by atoms with Gasteiger partial charge in [0.2, 0.25) is 0 Å². The number of unbranched alkanes of at least 4 members (excludes halogenated alkanes) is 1. The number of aliphatic imine (C=N–C) groups is 1. The van der Waals surface area contributed by atoms with Crippen LogP contribution >= 0.6 is 0 Å². The molecule has 0 aromatic carbocycles. The number of rotatable bonds is 3. The number of aromatic nitrogens is 1. The highest BCUT2D eigenvalue weighted by molar-refractivity contribution is 5.95. The average Bonchev–Trinajstić information content (AvgIpc) is 2.34. The van der Waals surface area contributed by atoms with Gasteiger partial charge in [0.05, 0.1) is 5.69 Å². The summed E-state index contributed by atoms with van der Waals surface area (Å²) in [6.45, 7) is 1.96. The molecule has 1 aromatic heterocycles. The van der Waals surface area contributed by atoms with Crippen LogP contribution in [0.2, 0.25) is 0 Å². The number of guanidine groups is 1. The van der Waals surface area contributed by atoms with Crippen molar-refractivity contribution in [3.8, 4) is 0 Å². The van der Waals surface area contributed by atoms with E-state index in [0.29, 0.717) is 18.5 Å². The molecule has 20 heavy (non-hydrogen) atoms. The lowest BCUT2D eigenvalue weighted by atomic mass is 9.96. The molecule has 2 heterocycles. The molecule has 0 fully saturated rings. The summed E-state index contributed by atoms with van der Waals surface area (Å²) in [5.74, 6) is 0.0812. The molecule has 0 bridgehead atoms. The Bertz CT molecular complexity index is 540. The molecule has 1 aliphatic rings. The van der Waals surface area contributed by atoms with E-state index in [2.05, 4.69) is 15.3 Å². The van der Waals surface area contributed by atoms with Gasteiger partial charge in [-0.2, -0.15) is 13.2 Å². The molecular formula is C12H16F3N5. The summed E-state index contributed by atoms with van der Waals surface area (Å²) in [5.41, 5.74) is 9.89. The fourth-order valence-corrected chi connectivity index (χ4v) is 2.10. The van der Waals surface area contributed by atoms with Crippen LogP contribution in [0.1, 0.15) is 37.6 Å². The SMILES string of the molecule is CCCCC1(N)N=C(N)Nc2ccc(C(F)(F)F)nc21. The fourth-order valence-electron chi connectivity index (χ4n) is 2.10. The van der Waals surface area contributed by atoms with E-state index in [1.54, 1.807) is 0 Å². The number of nitrogens with zero attached hydrogens (tertiary/aromatic N) is 2. The van der Waals surface area contributed by atoms with Gasteiger partial charge >= 0.3 is 6.18 Å². The van der Waals surface area contributed by atoms with Crippen LogP contribution < -0.4 is 16.8 Å². The Labute approximate surface area is 114 Å². The zero-order chi connectivity index (χ0) is 15.0. The van der Waals surface area contributed by atoms with Crippen LogP contribution in [-0.4, -0.2) is 10.9 Å². The molecule has 1 aliphatic heterocycles. The highest BCUT2D eigenvalue weighted by atomic mass is 19.4. The van der Waals surface area contributed by atoms with Crippen molar-refractivity contribution < 1.29 is 13.2 Å².